The van der Waals surface area contributed by atoms with E-state index < -0.39 is 5.97 Å². The average Bonchev–Trinajstić information content (AvgIpc) is 3.49. The number of thiazole rings is 1. The summed E-state index contributed by atoms with van der Waals surface area (Å²) in [5.74, 6) is 1.09. The van der Waals surface area contributed by atoms with E-state index >= 15 is 0 Å². The number of likely N-dealkylation sites (tertiary alicyclic amines) is 2. The van der Waals surface area contributed by atoms with Gasteiger partial charge in [-0.25, -0.2) is 9.37 Å². The number of hydrogen-bond donors (Lipinski definition) is 1. The highest BCUT2D eigenvalue weighted by molar-refractivity contribution is 7.11. The molecule has 3 unspecified atom stereocenters. The molecule has 7 heteroatoms. The van der Waals surface area contributed by atoms with E-state index in [4.69, 9.17) is 0 Å². The van der Waals surface area contributed by atoms with Crippen LogP contribution in [0.1, 0.15) is 70.5 Å². The second kappa shape index (κ2) is 12.1. The molecule has 1 N–H and O–H groups in total. The molecule has 0 bridgehead atoms. The van der Waals surface area contributed by atoms with E-state index in [0.717, 1.165) is 69.0 Å². The Hall–Kier alpha value is -2.61. The van der Waals surface area contributed by atoms with Gasteiger partial charge in [0.25, 0.3) is 0 Å². The highest BCUT2D eigenvalue weighted by Crippen LogP contribution is 2.40. The predicted molar refractivity (Wildman–Crippen MR) is 157 cm³/mol. The van der Waals surface area contributed by atoms with E-state index in [2.05, 4.69) is 52.2 Å². The normalized spacial score (nSPS) is 23.4. The van der Waals surface area contributed by atoms with Crippen molar-refractivity contribution in [2.45, 2.75) is 63.3 Å². The fourth-order valence-corrected chi connectivity index (χ4v) is 7.93. The van der Waals surface area contributed by atoms with Gasteiger partial charge in [0.2, 0.25) is 0 Å². The van der Waals surface area contributed by atoms with Crippen LogP contribution < -0.4 is 0 Å². The van der Waals surface area contributed by atoms with Crippen LogP contribution in [0.25, 0.3) is 0 Å². The van der Waals surface area contributed by atoms with Crippen LogP contribution in [0.2, 0.25) is 0 Å². The van der Waals surface area contributed by atoms with Gasteiger partial charge in [0, 0.05) is 43.0 Å². The smallest absolute Gasteiger partial charge is 0.320 e. The number of benzene rings is 2. The van der Waals surface area contributed by atoms with Gasteiger partial charge in [-0.15, -0.1) is 11.3 Å². The molecule has 5 nitrogen and oxygen atoms in total. The number of carboxylic acid groups (broad SMARTS) is 1. The summed E-state index contributed by atoms with van der Waals surface area (Å²) in [6.07, 6.45) is 8.23. The van der Waals surface area contributed by atoms with Crippen molar-refractivity contribution >= 4 is 17.3 Å². The van der Waals surface area contributed by atoms with Gasteiger partial charge in [0.05, 0.1) is 5.01 Å². The van der Waals surface area contributed by atoms with Gasteiger partial charge in [-0.1, -0.05) is 54.8 Å². The summed E-state index contributed by atoms with van der Waals surface area (Å²) in [7, 11) is 0. The Labute approximate surface area is 241 Å². The number of carbonyl (C=O) groups is 1. The SMILES string of the molecule is Cc1cccc(C2CN(C(CC3CC3)C(=O)O)CC2CN2CCC(c3cnc(Cc4ccc(F)cc4)s3)CC2)c1. The van der Waals surface area contributed by atoms with Crippen molar-refractivity contribution in [2.24, 2.45) is 11.8 Å². The van der Waals surface area contributed by atoms with Gasteiger partial charge in [-0.05, 0) is 80.3 Å². The number of aromatic nitrogens is 1. The molecule has 212 valence electrons. The third-order valence-electron chi connectivity index (χ3n) is 9.24. The quantitative estimate of drug-likeness (QED) is 0.314. The van der Waals surface area contributed by atoms with Crippen molar-refractivity contribution in [1.29, 1.82) is 0 Å². The summed E-state index contributed by atoms with van der Waals surface area (Å²) in [6.45, 7) is 7.01. The van der Waals surface area contributed by atoms with Crippen LogP contribution in [0.5, 0.6) is 0 Å². The Kier molecular flexibility index (Phi) is 8.33. The molecule has 3 fully saturated rings. The lowest BCUT2D eigenvalue weighted by Gasteiger charge is -2.34. The Morgan fingerprint density at radius 3 is 2.58 bits per heavy atom. The summed E-state index contributed by atoms with van der Waals surface area (Å²) in [5.41, 5.74) is 3.72. The van der Waals surface area contributed by atoms with Crippen LogP contribution >= 0.6 is 11.3 Å². The second-order valence-corrected chi connectivity index (χ2v) is 13.4. The predicted octanol–water partition coefficient (Wildman–Crippen LogP) is 6.33. The average molecular weight is 562 g/mol. The molecule has 3 aromatic rings. The van der Waals surface area contributed by atoms with Gasteiger partial charge >= 0.3 is 5.97 Å². The summed E-state index contributed by atoms with van der Waals surface area (Å²) in [4.78, 5) is 23.2. The van der Waals surface area contributed by atoms with Crippen LogP contribution in [0.3, 0.4) is 0 Å². The molecule has 2 aromatic carbocycles. The standard InChI is InChI=1S/C33H40FN3O2S/c1-22-3-2-4-26(15-22)29-21-37(30(33(38)39)16-23-5-6-23)20-27(29)19-36-13-11-25(12-14-36)31-18-35-32(40-31)17-24-7-9-28(34)10-8-24/h2-4,7-10,15,18,23,25,27,29-30H,5-6,11-14,16-17,19-21H2,1H3,(H,38,39). The van der Waals surface area contributed by atoms with Crippen molar-refractivity contribution in [3.63, 3.8) is 0 Å². The zero-order valence-corrected chi connectivity index (χ0v) is 24.2. The van der Waals surface area contributed by atoms with Gasteiger partial charge in [-0.3, -0.25) is 9.69 Å². The molecule has 2 saturated heterocycles. The van der Waals surface area contributed by atoms with Gasteiger partial charge in [0.1, 0.15) is 11.9 Å². The first-order valence-corrected chi connectivity index (χ1v) is 15.7. The van der Waals surface area contributed by atoms with Crippen LogP contribution in [-0.4, -0.2) is 64.6 Å². The molecule has 2 aliphatic heterocycles. The maximum atomic E-state index is 13.2. The maximum Gasteiger partial charge on any atom is 0.320 e. The molecule has 1 aromatic heterocycles. The van der Waals surface area contributed by atoms with Crippen molar-refractivity contribution < 1.29 is 14.3 Å². The Bertz CT molecular complexity index is 1300. The minimum atomic E-state index is -0.653. The second-order valence-electron chi connectivity index (χ2n) is 12.3. The largest absolute Gasteiger partial charge is 0.480 e. The number of nitrogens with zero attached hydrogens (tertiary/aromatic N) is 3. The monoisotopic (exact) mass is 561 g/mol. The number of aryl methyl sites for hydroxylation is 1. The lowest BCUT2D eigenvalue weighted by atomic mass is 9.87. The zero-order chi connectivity index (χ0) is 27.6. The topological polar surface area (TPSA) is 56.7 Å². The fourth-order valence-electron chi connectivity index (χ4n) is 6.80. The number of halogens is 1. The van der Waals surface area contributed by atoms with Gasteiger partial charge < -0.3 is 10.0 Å². The third-order valence-corrected chi connectivity index (χ3v) is 10.4. The molecule has 40 heavy (non-hydrogen) atoms. The Balaban J connectivity index is 1.08. The van der Waals surface area contributed by atoms with E-state index in [0.29, 0.717) is 23.7 Å². The number of hydrogen-bond acceptors (Lipinski definition) is 5. The molecule has 0 spiro atoms. The molecule has 1 saturated carbocycles. The van der Waals surface area contributed by atoms with Crippen molar-refractivity contribution in [3.05, 3.63) is 87.1 Å². The Morgan fingerprint density at radius 1 is 1.10 bits per heavy atom. The lowest BCUT2D eigenvalue weighted by Crippen LogP contribution is -2.41. The van der Waals surface area contributed by atoms with E-state index in [1.165, 1.54) is 41.0 Å². The minimum Gasteiger partial charge on any atom is -0.480 e. The van der Waals surface area contributed by atoms with Crippen LogP contribution in [0, 0.1) is 24.6 Å². The first-order valence-electron chi connectivity index (χ1n) is 14.9. The molecule has 3 heterocycles. The molecule has 0 amide bonds. The summed E-state index contributed by atoms with van der Waals surface area (Å²) in [5, 5.41) is 11.2. The first-order chi connectivity index (χ1) is 19.4. The Morgan fingerprint density at radius 2 is 1.88 bits per heavy atom. The number of carboxylic acids is 1. The van der Waals surface area contributed by atoms with Crippen LogP contribution in [0.4, 0.5) is 4.39 Å². The van der Waals surface area contributed by atoms with E-state index in [-0.39, 0.29) is 11.9 Å². The van der Waals surface area contributed by atoms with Crippen molar-refractivity contribution in [1.82, 2.24) is 14.8 Å². The third kappa shape index (κ3) is 6.64. The molecule has 0 radical (unpaired) electrons. The van der Waals surface area contributed by atoms with Crippen molar-refractivity contribution in [2.75, 3.05) is 32.7 Å². The van der Waals surface area contributed by atoms with E-state index in [1.54, 1.807) is 11.3 Å². The molecule has 6 rings (SSSR count). The van der Waals surface area contributed by atoms with E-state index in [1.807, 2.05) is 12.1 Å². The lowest BCUT2D eigenvalue weighted by molar-refractivity contribution is -0.143. The van der Waals surface area contributed by atoms with Crippen LogP contribution in [0.15, 0.2) is 54.7 Å². The maximum absolute atomic E-state index is 13.2. The van der Waals surface area contributed by atoms with Crippen LogP contribution in [-0.2, 0) is 11.2 Å². The molecule has 3 atom stereocenters. The molecular weight excluding hydrogens is 521 g/mol. The van der Waals surface area contributed by atoms with Crippen molar-refractivity contribution in [3.8, 4) is 0 Å². The fraction of sp³-hybridized carbons (Fsp3) is 0.515. The first kappa shape index (κ1) is 27.6. The summed E-state index contributed by atoms with van der Waals surface area (Å²) < 4.78 is 13.2. The number of piperidine rings is 1. The molecule has 3 aliphatic rings. The van der Waals surface area contributed by atoms with Gasteiger partial charge in [-0.2, -0.15) is 0 Å². The highest BCUT2D eigenvalue weighted by atomic mass is 32.1. The van der Waals surface area contributed by atoms with E-state index in [9.17, 15) is 14.3 Å². The zero-order valence-electron chi connectivity index (χ0n) is 23.3. The summed E-state index contributed by atoms with van der Waals surface area (Å²) in [6, 6.07) is 15.2. The summed E-state index contributed by atoms with van der Waals surface area (Å²) >= 11 is 1.80. The molecule has 1 aliphatic carbocycles. The number of aliphatic carboxylic acids is 1. The molecular formula is C33H40FN3O2S. The number of rotatable bonds is 10. The highest BCUT2D eigenvalue weighted by Gasteiger charge is 2.42. The minimum absolute atomic E-state index is 0.203. The van der Waals surface area contributed by atoms with Gasteiger partial charge in [0.15, 0.2) is 0 Å².